The molecule has 0 radical (unpaired) electrons. The number of para-hydroxylation sites is 2. The molecular formula is C26H29N3O3. The molecule has 4 rings (SSSR count). The Morgan fingerprint density at radius 1 is 0.875 bits per heavy atom. The van der Waals surface area contributed by atoms with Gasteiger partial charge in [0.1, 0.15) is 5.75 Å². The van der Waals surface area contributed by atoms with Crippen LogP contribution >= 0.6 is 0 Å². The van der Waals surface area contributed by atoms with Crippen LogP contribution in [0.1, 0.15) is 32.1 Å². The number of carbonyl (C=O) groups excluding carboxylic acids is 2. The van der Waals surface area contributed by atoms with E-state index in [9.17, 15) is 9.59 Å². The molecule has 0 bridgehead atoms. The van der Waals surface area contributed by atoms with E-state index in [0.29, 0.717) is 44.0 Å². The van der Waals surface area contributed by atoms with Gasteiger partial charge >= 0.3 is 0 Å². The van der Waals surface area contributed by atoms with Gasteiger partial charge in [0, 0.05) is 48.8 Å². The Morgan fingerprint density at radius 2 is 1.53 bits per heavy atom. The van der Waals surface area contributed by atoms with E-state index in [-0.39, 0.29) is 11.7 Å². The number of hydrogen-bond acceptors (Lipinski definition) is 4. The van der Waals surface area contributed by atoms with Gasteiger partial charge in [-0.25, -0.2) is 0 Å². The summed E-state index contributed by atoms with van der Waals surface area (Å²) in [7, 11) is 1.57. The second-order valence-corrected chi connectivity index (χ2v) is 8.15. The second kappa shape index (κ2) is 9.40. The molecule has 0 unspecified atom stereocenters. The summed E-state index contributed by atoms with van der Waals surface area (Å²) < 4.78 is 7.45. The largest absolute Gasteiger partial charge is 0.496 e. The highest BCUT2D eigenvalue weighted by Gasteiger charge is 2.26. The third-order valence-corrected chi connectivity index (χ3v) is 6.11. The lowest BCUT2D eigenvalue weighted by atomic mass is 10.1. The molecule has 166 valence electrons. The van der Waals surface area contributed by atoms with Crippen LogP contribution in [-0.2, 0) is 0 Å². The first kappa shape index (κ1) is 21.8. The Bertz CT molecular complexity index is 1110. The van der Waals surface area contributed by atoms with Gasteiger partial charge in [-0.05, 0) is 44.2 Å². The van der Waals surface area contributed by atoms with E-state index in [1.54, 1.807) is 19.2 Å². The van der Waals surface area contributed by atoms with Gasteiger partial charge in [-0.2, -0.15) is 0 Å². The molecule has 2 heterocycles. The molecule has 1 aliphatic heterocycles. The fourth-order valence-electron chi connectivity index (χ4n) is 4.41. The molecule has 6 nitrogen and oxygen atoms in total. The van der Waals surface area contributed by atoms with Crippen molar-refractivity contribution in [2.75, 3.05) is 39.8 Å². The number of rotatable bonds is 6. The molecule has 1 saturated heterocycles. The Kier molecular flexibility index (Phi) is 6.42. The van der Waals surface area contributed by atoms with Gasteiger partial charge in [-0.15, -0.1) is 0 Å². The van der Waals surface area contributed by atoms with Gasteiger partial charge in [0.25, 0.3) is 5.91 Å². The predicted octanol–water partition coefficient (Wildman–Crippen LogP) is 3.74. The maximum atomic E-state index is 13.1. The predicted molar refractivity (Wildman–Crippen MR) is 125 cm³/mol. The van der Waals surface area contributed by atoms with Crippen molar-refractivity contribution >= 4 is 11.7 Å². The van der Waals surface area contributed by atoms with Crippen LogP contribution in [-0.4, -0.2) is 65.9 Å². The van der Waals surface area contributed by atoms with Crippen LogP contribution in [0.2, 0.25) is 0 Å². The van der Waals surface area contributed by atoms with Crippen LogP contribution in [0, 0.1) is 13.8 Å². The zero-order chi connectivity index (χ0) is 22.7. The van der Waals surface area contributed by atoms with Gasteiger partial charge < -0.3 is 14.2 Å². The van der Waals surface area contributed by atoms with Crippen molar-refractivity contribution in [1.82, 2.24) is 14.4 Å². The molecular weight excluding hydrogens is 402 g/mol. The number of piperazine rings is 1. The molecule has 0 aliphatic carbocycles. The minimum absolute atomic E-state index is 0.0279. The van der Waals surface area contributed by atoms with Gasteiger partial charge in [0.2, 0.25) is 0 Å². The quantitative estimate of drug-likeness (QED) is 0.558. The van der Waals surface area contributed by atoms with E-state index in [2.05, 4.69) is 9.47 Å². The van der Waals surface area contributed by atoms with Gasteiger partial charge in [0.05, 0.1) is 19.2 Å². The second-order valence-electron chi connectivity index (χ2n) is 8.15. The average Bonchev–Trinajstić information content (AvgIpc) is 3.13. The molecule has 32 heavy (non-hydrogen) atoms. The first-order valence-corrected chi connectivity index (χ1v) is 10.9. The SMILES string of the molecule is COc1ccccc1C(=O)N1CCN(CC(=O)c2cc(C)n(-c3ccccc3)c2C)CC1. The number of Topliss-reactive ketones (excluding diaryl/α,β-unsaturated/α-hetero) is 1. The molecule has 0 N–H and O–H groups in total. The topological polar surface area (TPSA) is 54.8 Å². The minimum atomic E-state index is -0.0279. The normalized spacial score (nSPS) is 14.4. The summed E-state index contributed by atoms with van der Waals surface area (Å²) in [6.07, 6.45) is 0. The summed E-state index contributed by atoms with van der Waals surface area (Å²) in [4.78, 5) is 30.0. The summed E-state index contributed by atoms with van der Waals surface area (Å²) in [5.41, 5.74) is 4.41. The fraction of sp³-hybridized carbons (Fsp3) is 0.308. The maximum Gasteiger partial charge on any atom is 0.257 e. The Hall–Kier alpha value is -3.38. The number of hydrogen-bond donors (Lipinski definition) is 0. The van der Waals surface area contributed by atoms with Gasteiger partial charge in [0.15, 0.2) is 5.78 Å². The average molecular weight is 432 g/mol. The summed E-state index contributed by atoms with van der Waals surface area (Å²) in [6.45, 7) is 6.90. The first-order chi connectivity index (χ1) is 15.5. The molecule has 0 spiro atoms. The molecule has 1 aromatic heterocycles. The van der Waals surface area contributed by atoms with Crippen molar-refractivity contribution < 1.29 is 14.3 Å². The van der Waals surface area contributed by atoms with Crippen molar-refractivity contribution in [3.8, 4) is 11.4 Å². The van der Waals surface area contributed by atoms with E-state index in [4.69, 9.17) is 4.74 Å². The highest BCUT2D eigenvalue weighted by Crippen LogP contribution is 2.22. The lowest BCUT2D eigenvalue weighted by molar-refractivity contribution is 0.0621. The third-order valence-electron chi connectivity index (χ3n) is 6.11. The number of aryl methyl sites for hydroxylation is 1. The molecule has 6 heteroatoms. The summed E-state index contributed by atoms with van der Waals surface area (Å²) in [5.74, 6) is 0.675. The molecule has 0 atom stereocenters. The van der Waals surface area contributed by atoms with Gasteiger partial charge in [-0.1, -0.05) is 30.3 Å². The molecule has 1 aliphatic rings. The molecule has 1 amide bonds. The lowest BCUT2D eigenvalue weighted by Gasteiger charge is -2.34. The van der Waals surface area contributed by atoms with E-state index in [0.717, 1.165) is 22.6 Å². The van der Waals surface area contributed by atoms with Crippen molar-refractivity contribution in [3.63, 3.8) is 0 Å². The van der Waals surface area contributed by atoms with Gasteiger partial charge in [-0.3, -0.25) is 14.5 Å². The van der Waals surface area contributed by atoms with Crippen LogP contribution in [0.25, 0.3) is 5.69 Å². The van der Waals surface area contributed by atoms with E-state index in [1.807, 2.05) is 67.3 Å². The van der Waals surface area contributed by atoms with Crippen LogP contribution in [0.5, 0.6) is 5.75 Å². The maximum absolute atomic E-state index is 13.1. The summed E-state index contributed by atoms with van der Waals surface area (Å²) in [5, 5.41) is 0. The van der Waals surface area contributed by atoms with E-state index >= 15 is 0 Å². The van der Waals surface area contributed by atoms with Crippen LogP contribution < -0.4 is 4.74 Å². The molecule has 2 aromatic carbocycles. The van der Waals surface area contributed by atoms with Crippen molar-refractivity contribution in [1.29, 1.82) is 0 Å². The minimum Gasteiger partial charge on any atom is -0.496 e. The van der Waals surface area contributed by atoms with Crippen LogP contribution in [0.15, 0.2) is 60.7 Å². The lowest BCUT2D eigenvalue weighted by Crippen LogP contribution is -2.50. The monoisotopic (exact) mass is 431 g/mol. The molecule has 1 fully saturated rings. The van der Waals surface area contributed by atoms with Crippen molar-refractivity contribution in [2.24, 2.45) is 0 Å². The number of amides is 1. The zero-order valence-electron chi connectivity index (χ0n) is 18.9. The van der Waals surface area contributed by atoms with Crippen LogP contribution in [0.3, 0.4) is 0 Å². The Balaban J connectivity index is 1.40. The number of aromatic nitrogens is 1. The number of carbonyl (C=O) groups is 2. The molecule has 3 aromatic rings. The number of nitrogens with zero attached hydrogens (tertiary/aromatic N) is 3. The standard InChI is InChI=1S/C26H29N3O3/c1-19-17-23(20(2)29(19)21-9-5-4-6-10-21)24(30)18-27-13-15-28(16-14-27)26(31)22-11-7-8-12-25(22)32-3/h4-12,17H,13-16,18H2,1-3H3. The first-order valence-electron chi connectivity index (χ1n) is 10.9. The Morgan fingerprint density at radius 3 is 2.22 bits per heavy atom. The van der Waals surface area contributed by atoms with Crippen molar-refractivity contribution in [2.45, 2.75) is 13.8 Å². The number of methoxy groups -OCH3 is 1. The van der Waals surface area contributed by atoms with E-state index in [1.165, 1.54) is 0 Å². The summed E-state index contributed by atoms with van der Waals surface area (Å²) in [6, 6.07) is 19.4. The third kappa shape index (κ3) is 4.32. The smallest absolute Gasteiger partial charge is 0.257 e. The fourth-order valence-corrected chi connectivity index (χ4v) is 4.41. The van der Waals surface area contributed by atoms with Crippen LogP contribution in [0.4, 0.5) is 0 Å². The highest BCUT2D eigenvalue weighted by atomic mass is 16.5. The molecule has 0 saturated carbocycles. The number of ketones is 1. The van der Waals surface area contributed by atoms with E-state index < -0.39 is 0 Å². The Labute approximate surface area is 189 Å². The highest BCUT2D eigenvalue weighted by molar-refractivity contribution is 5.99. The zero-order valence-corrected chi connectivity index (χ0v) is 18.9. The number of ether oxygens (including phenoxy) is 1. The summed E-state index contributed by atoms with van der Waals surface area (Å²) >= 11 is 0. The number of benzene rings is 2. The van der Waals surface area contributed by atoms with Crippen molar-refractivity contribution in [3.05, 3.63) is 83.2 Å².